The number of Topliss-reactive ketones (excluding diaryl/α,β-unsaturated/α-hetero) is 1. The van der Waals surface area contributed by atoms with E-state index in [1.165, 1.54) is 5.56 Å². The van der Waals surface area contributed by atoms with Gasteiger partial charge in [-0.2, -0.15) is 0 Å². The van der Waals surface area contributed by atoms with E-state index in [4.69, 9.17) is 4.74 Å². The molecule has 32 heavy (non-hydrogen) atoms. The van der Waals surface area contributed by atoms with Crippen LogP contribution in [0.5, 0.6) is 5.75 Å². The smallest absolute Gasteiger partial charge is 0.295 e. The second-order valence-corrected chi connectivity index (χ2v) is 8.78. The number of carbonyl (C=O) groups is 2. The molecule has 1 saturated heterocycles. The molecule has 5 heteroatoms. The van der Waals surface area contributed by atoms with Crippen molar-refractivity contribution in [2.24, 2.45) is 0 Å². The predicted molar refractivity (Wildman–Crippen MR) is 125 cm³/mol. The summed E-state index contributed by atoms with van der Waals surface area (Å²) in [5.41, 5.74) is 3.59. The summed E-state index contributed by atoms with van der Waals surface area (Å²) in [5, 5.41) is 11.3. The van der Waals surface area contributed by atoms with Crippen molar-refractivity contribution in [3.8, 4) is 5.75 Å². The standard InChI is InChI=1S/C27H31NO4/c1-4-18-10-12-19(13-11-18)24-23(25(29)20-14-15-22(32-3)17(2)16-20)26(30)27(31)28(24)21-8-6-5-7-9-21/h10-16,21,24,29H,4-9H2,1-3H3/b25-23-. The number of amides is 1. The minimum absolute atomic E-state index is 0.0129. The predicted octanol–water partition coefficient (Wildman–Crippen LogP) is 5.32. The highest BCUT2D eigenvalue weighted by atomic mass is 16.5. The lowest BCUT2D eigenvalue weighted by Gasteiger charge is -2.35. The van der Waals surface area contributed by atoms with Crippen LogP contribution in [-0.4, -0.2) is 34.8 Å². The maximum Gasteiger partial charge on any atom is 0.295 e. The van der Waals surface area contributed by atoms with E-state index in [1.807, 2.05) is 31.2 Å². The summed E-state index contributed by atoms with van der Waals surface area (Å²) in [6.07, 6.45) is 5.94. The van der Waals surface area contributed by atoms with Gasteiger partial charge in [0.15, 0.2) is 0 Å². The van der Waals surface area contributed by atoms with Crippen LogP contribution in [0, 0.1) is 6.92 Å². The first-order valence-corrected chi connectivity index (χ1v) is 11.5. The fraction of sp³-hybridized carbons (Fsp3) is 0.407. The number of aliphatic hydroxyl groups excluding tert-OH is 1. The topological polar surface area (TPSA) is 66.8 Å². The fourth-order valence-electron chi connectivity index (χ4n) is 5.03. The second-order valence-electron chi connectivity index (χ2n) is 8.78. The summed E-state index contributed by atoms with van der Waals surface area (Å²) in [7, 11) is 1.59. The van der Waals surface area contributed by atoms with E-state index in [0.717, 1.165) is 49.7 Å². The van der Waals surface area contributed by atoms with E-state index < -0.39 is 17.7 Å². The zero-order valence-corrected chi connectivity index (χ0v) is 19.1. The summed E-state index contributed by atoms with van der Waals surface area (Å²) in [4.78, 5) is 28.2. The summed E-state index contributed by atoms with van der Waals surface area (Å²) in [6.45, 7) is 3.98. The number of ether oxygens (including phenoxy) is 1. The maximum atomic E-state index is 13.3. The summed E-state index contributed by atoms with van der Waals surface area (Å²) in [6, 6.07) is 12.8. The van der Waals surface area contributed by atoms with Gasteiger partial charge in [-0.25, -0.2) is 0 Å². The van der Waals surface area contributed by atoms with Crippen molar-refractivity contribution in [3.05, 3.63) is 70.3 Å². The molecular formula is C27H31NO4. The number of likely N-dealkylation sites (tertiary alicyclic amines) is 1. The van der Waals surface area contributed by atoms with Gasteiger partial charge in [-0.1, -0.05) is 50.5 Å². The van der Waals surface area contributed by atoms with Gasteiger partial charge in [0.05, 0.1) is 18.7 Å². The van der Waals surface area contributed by atoms with Crippen molar-refractivity contribution < 1.29 is 19.4 Å². The number of methoxy groups -OCH3 is 1. The quantitative estimate of drug-likeness (QED) is 0.394. The number of rotatable bonds is 5. The first kappa shape index (κ1) is 22.1. The lowest BCUT2D eigenvalue weighted by molar-refractivity contribution is -0.141. The Hall–Kier alpha value is -3.08. The van der Waals surface area contributed by atoms with Crippen molar-refractivity contribution in [2.45, 2.75) is 64.5 Å². The van der Waals surface area contributed by atoms with Crippen LogP contribution in [0.25, 0.3) is 5.76 Å². The van der Waals surface area contributed by atoms with Crippen molar-refractivity contribution in [3.63, 3.8) is 0 Å². The van der Waals surface area contributed by atoms with E-state index in [-0.39, 0.29) is 17.4 Å². The molecule has 0 aromatic heterocycles. The summed E-state index contributed by atoms with van der Waals surface area (Å²) < 4.78 is 5.33. The molecule has 1 aliphatic heterocycles. The van der Waals surface area contributed by atoms with Crippen molar-refractivity contribution in [2.75, 3.05) is 7.11 Å². The number of hydrogen-bond acceptors (Lipinski definition) is 4. The minimum Gasteiger partial charge on any atom is -0.507 e. The van der Waals surface area contributed by atoms with Crippen LogP contribution in [0.15, 0.2) is 48.0 Å². The summed E-state index contributed by atoms with van der Waals surface area (Å²) in [5.74, 6) is -0.535. The molecule has 0 radical (unpaired) electrons. The van der Waals surface area contributed by atoms with Crippen LogP contribution in [-0.2, 0) is 16.0 Å². The van der Waals surface area contributed by atoms with E-state index in [0.29, 0.717) is 11.3 Å². The number of aryl methyl sites for hydroxylation is 2. The van der Waals surface area contributed by atoms with Gasteiger partial charge in [0, 0.05) is 11.6 Å². The molecule has 2 aliphatic rings. The van der Waals surface area contributed by atoms with Gasteiger partial charge in [-0.3, -0.25) is 9.59 Å². The first-order chi connectivity index (χ1) is 15.5. The van der Waals surface area contributed by atoms with E-state index in [1.54, 1.807) is 30.2 Å². The van der Waals surface area contributed by atoms with Crippen molar-refractivity contribution in [1.29, 1.82) is 0 Å². The fourth-order valence-corrected chi connectivity index (χ4v) is 5.03. The second kappa shape index (κ2) is 9.19. The molecule has 1 atom stereocenters. The highest BCUT2D eigenvalue weighted by molar-refractivity contribution is 6.46. The third kappa shape index (κ3) is 3.92. The molecule has 168 valence electrons. The van der Waals surface area contributed by atoms with Gasteiger partial charge in [0.2, 0.25) is 0 Å². The summed E-state index contributed by atoms with van der Waals surface area (Å²) >= 11 is 0. The Kier molecular flexibility index (Phi) is 6.35. The Morgan fingerprint density at radius 3 is 2.34 bits per heavy atom. The van der Waals surface area contributed by atoms with Gasteiger partial charge in [-0.05, 0) is 61.1 Å². The normalized spacial score (nSPS) is 21.2. The molecule has 0 spiro atoms. The average molecular weight is 434 g/mol. The van der Waals surface area contributed by atoms with Crippen LogP contribution in [0.1, 0.15) is 67.3 Å². The maximum absolute atomic E-state index is 13.3. The molecule has 1 aliphatic carbocycles. The number of ketones is 1. The molecule has 1 unspecified atom stereocenters. The lowest BCUT2D eigenvalue weighted by atomic mass is 9.90. The number of aliphatic hydroxyl groups is 1. The number of carbonyl (C=O) groups excluding carboxylic acids is 2. The van der Waals surface area contributed by atoms with Gasteiger partial charge in [0.1, 0.15) is 11.5 Å². The molecule has 1 N–H and O–H groups in total. The Bertz CT molecular complexity index is 1050. The van der Waals surface area contributed by atoms with Gasteiger partial charge >= 0.3 is 0 Å². The van der Waals surface area contributed by atoms with Crippen LogP contribution >= 0.6 is 0 Å². The Morgan fingerprint density at radius 2 is 1.75 bits per heavy atom. The molecule has 4 rings (SSSR count). The van der Waals surface area contributed by atoms with Crippen molar-refractivity contribution >= 4 is 17.4 Å². The molecule has 1 amide bonds. The molecule has 1 saturated carbocycles. The number of hydrogen-bond donors (Lipinski definition) is 1. The Balaban J connectivity index is 1.85. The highest BCUT2D eigenvalue weighted by Crippen LogP contribution is 2.43. The van der Waals surface area contributed by atoms with Crippen LogP contribution in [0.3, 0.4) is 0 Å². The third-order valence-corrected chi connectivity index (χ3v) is 6.82. The van der Waals surface area contributed by atoms with Crippen molar-refractivity contribution in [1.82, 2.24) is 4.90 Å². The molecule has 1 heterocycles. The van der Waals surface area contributed by atoms with E-state index >= 15 is 0 Å². The van der Waals surface area contributed by atoms with E-state index in [9.17, 15) is 14.7 Å². The largest absolute Gasteiger partial charge is 0.507 e. The zero-order valence-electron chi connectivity index (χ0n) is 19.1. The molecule has 0 bridgehead atoms. The average Bonchev–Trinajstić information content (AvgIpc) is 3.09. The Labute approximate surface area is 189 Å². The van der Waals surface area contributed by atoms with E-state index in [2.05, 4.69) is 6.92 Å². The molecular weight excluding hydrogens is 402 g/mol. The van der Waals surface area contributed by atoms with Crippen LogP contribution in [0.4, 0.5) is 0 Å². The third-order valence-electron chi connectivity index (χ3n) is 6.82. The van der Waals surface area contributed by atoms with Gasteiger partial charge in [0.25, 0.3) is 11.7 Å². The lowest BCUT2D eigenvalue weighted by Crippen LogP contribution is -2.40. The molecule has 5 nitrogen and oxygen atoms in total. The Morgan fingerprint density at radius 1 is 1.06 bits per heavy atom. The van der Waals surface area contributed by atoms with Crippen LogP contribution in [0.2, 0.25) is 0 Å². The molecule has 2 aromatic carbocycles. The minimum atomic E-state index is -0.605. The van der Waals surface area contributed by atoms with Gasteiger partial charge < -0.3 is 14.7 Å². The molecule has 2 aromatic rings. The molecule has 2 fully saturated rings. The number of benzene rings is 2. The highest BCUT2D eigenvalue weighted by Gasteiger charge is 2.48. The zero-order chi connectivity index (χ0) is 22.8. The van der Waals surface area contributed by atoms with Gasteiger partial charge in [-0.15, -0.1) is 0 Å². The number of nitrogens with zero attached hydrogens (tertiary/aromatic N) is 1. The monoisotopic (exact) mass is 433 g/mol. The first-order valence-electron chi connectivity index (χ1n) is 11.5. The van der Waals surface area contributed by atoms with Crippen LogP contribution < -0.4 is 4.74 Å². The SMILES string of the molecule is CCc1ccc(C2/C(=C(/O)c3ccc(OC)c(C)c3)C(=O)C(=O)N2C2CCCCC2)cc1.